The van der Waals surface area contributed by atoms with Gasteiger partial charge in [0.25, 0.3) is 17.2 Å². The molecule has 4 aromatic rings. The molecule has 0 aliphatic heterocycles. The van der Waals surface area contributed by atoms with Crippen LogP contribution in [-0.4, -0.2) is 27.0 Å². The SMILES string of the molecule is Cc1cc(=O)[nH]c(Sc2ccc([N+](=O)[O-])cc2C=Nc2sc3c(c2C(=O)Nc2ccc(Cl)cc2)CC[C@H](C(C)(C)C)C3)n1. The number of carbonyl (C=O) groups excluding carboxylic acids is 1. The van der Waals surface area contributed by atoms with Gasteiger partial charge < -0.3 is 10.3 Å². The van der Waals surface area contributed by atoms with Crippen molar-refractivity contribution in [2.45, 2.75) is 57.0 Å². The molecule has 1 atom stereocenters. The largest absolute Gasteiger partial charge is 0.322 e. The molecule has 1 aliphatic carbocycles. The lowest BCUT2D eigenvalue weighted by molar-refractivity contribution is -0.384. The third kappa shape index (κ3) is 7.23. The van der Waals surface area contributed by atoms with E-state index in [1.807, 2.05) is 0 Å². The number of nitrogens with one attached hydrogen (secondary N) is 2. The highest BCUT2D eigenvalue weighted by molar-refractivity contribution is 7.99. The van der Waals surface area contributed by atoms with Crippen LogP contribution in [0.15, 0.2) is 68.4 Å². The maximum absolute atomic E-state index is 13.7. The van der Waals surface area contributed by atoms with Gasteiger partial charge in [0.15, 0.2) is 5.16 Å². The molecule has 43 heavy (non-hydrogen) atoms. The summed E-state index contributed by atoms with van der Waals surface area (Å²) in [6.07, 6.45) is 4.12. The van der Waals surface area contributed by atoms with Crippen LogP contribution in [0.2, 0.25) is 5.02 Å². The molecule has 2 N–H and O–H groups in total. The summed E-state index contributed by atoms with van der Waals surface area (Å²) in [4.78, 5) is 50.4. The number of anilines is 1. The number of amides is 1. The number of rotatable bonds is 7. The van der Waals surface area contributed by atoms with E-state index in [-0.39, 0.29) is 22.6 Å². The number of halogens is 1. The van der Waals surface area contributed by atoms with Gasteiger partial charge in [-0.2, -0.15) is 0 Å². The molecule has 9 nitrogen and oxygen atoms in total. The second-order valence-corrected chi connectivity index (χ2v) is 14.0. The minimum absolute atomic E-state index is 0.101. The molecule has 0 spiro atoms. The Kier molecular flexibility index (Phi) is 8.86. The van der Waals surface area contributed by atoms with Gasteiger partial charge in [-0.3, -0.25) is 19.7 Å². The Hall–Kier alpha value is -3.80. The zero-order valence-corrected chi connectivity index (χ0v) is 26.5. The normalized spacial score (nSPS) is 15.0. The standard InChI is InChI=1S/C31H30ClN5O4S2/c1-17-13-26(38)36-30(34-17)43-24-12-10-22(37(40)41)14-18(24)16-33-29-27(28(39)35-21-8-6-20(32)7-9-21)23-11-5-19(31(2,3)4)15-25(23)42-29/h6-10,12-14,16,19H,5,11,15H2,1-4H3,(H,35,39)(H,34,36,38)/t19-/m0/s1. The second-order valence-electron chi connectivity index (χ2n) is 11.5. The Bertz CT molecular complexity index is 1790. The summed E-state index contributed by atoms with van der Waals surface area (Å²) in [5, 5.41) is 16.0. The van der Waals surface area contributed by atoms with Gasteiger partial charge in [-0.05, 0) is 73.4 Å². The third-order valence-corrected chi connectivity index (χ3v) is 9.77. The number of carbonyl (C=O) groups is 1. The first-order chi connectivity index (χ1) is 20.4. The molecule has 12 heteroatoms. The molecule has 2 heterocycles. The Labute approximate surface area is 262 Å². The highest BCUT2D eigenvalue weighted by Gasteiger charge is 2.33. The first kappa shape index (κ1) is 30.7. The van der Waals surface area contributed by atoms with Gasteiger partial charge >= 0.3 is 0 Å². The number of non-ortho nitro benzene ring substituents is 1. The summed E-state index contributed by atoms with van der Waals surface area (Å²) in [6, 6.07) is 12.7. The van der Waals surface area contributed by atoms with Crippen LogP contribution in [0.3, 0.4) is 0 Å². The molecule has 0 fully saturated rings. The van der Waals surface area contributed by atoms with Gasteiger partial charge in [-0.25, -0.2) is 9.98 Å². The van der Waals surface area contributed by atoms with Crippen molar-refractivity contribution in [1.82, 2.24) is 9.97 Å². The Balaban J connectivity index is 1.55. The highest BCUT2D eigenvalue weighted by atomic mass is 35.5. The summed E-state index contributed by atoms with van der Waals surface area (Å²) < 4.78 is 0. The van der Waals surface area contributed by atoms with Crippen molar-refractivity contribution in [2.24, 2.45) is 16.3 Å². The lowest BCUT2D eigenvalue weighted by Gasteiger charge is -2.33. The molecule has 2 aromatic carbocycles. The van der Waals surface area contributed by atoms with Crippen LogP contribution in [0.1, 0.15) is 59.2 Å². The zero-order valence-electron chi connectivity index (χ0n) is 24.1. The smallest absolute Gasteiger partial charge is 0.270 e. The highest BCUT2D eigenvalue weighted by Crippen LogP contribution is 2.45. The van der Waals surface area contributed by atoms with E-state index in [1.165, 1.54) is 41.3 Å². The predicted octanol–water partition coefficient (Wildman–Crippen LogP) is 8.01. The van der Waals surface area contributed by atoms with E-state index in [0.29, 0.717) is 48.5 Å². The van der Waals surface area contributed by atoms with Gasteiger partial charge in [-0.15, -0.1) is 11.3 Å². The van der Waals surface area contributed by atoms with E-state index >= 15 is 0 Å². The number of fused-ring (bicyclic) bond motifs is 1. The topological polar surface area (TPSA) is 130 Å². The molecule has 0 bridgehead atoms. The van der Waals surface area contributed by atoms with Crippen molar-refractivity contribution in [3.05, 3.63) is 101 Å². The van der Waals surface area contributed by atoms with E-state index in [0.717, 1.165) is 29.7 Å². The summed E-state index contributed by atoms with van der Waals surface area (Å²) in [5.74, 6) is 0.197. The number of thiophene rings is 1. The van der Waals surface area contributed by atoms with Crippen LogP contribution < -0.4 is 10.9 Å². The number of hydrogen-bond donors (Lipinski definition) is 2. The van der Waals surface area contributed by atoms with Crippen molar-refractivity contribution >= 4 is 63.2 Å². The number of nitro benzene ring substituents is 1. The first-order valence-electron chi connectivity index (χ1n) is 13.7. The van der Waals surface area contributed by atoms with Gasteiger partial charge in [-0.1, -0.05) is 44.1 Å². The number of nitrogens with zero attached hydrogens (tertiary/aromatic N) is 3. The molecule has 1 aliphatic rings. The summed E-state index contributed by atoms with van der Waals surface area (Å²) in [6.45, 7) is 8.43. The number of aromatic amines is 1. The van der Waals surface area contributed by atoms with Crippen molar-refractivity contribution in [2.75, 3.05) is 5.32 Å². The van der Waals surface area contributed by atoms with E-state index in [2.05, 4.69) is 36.1 Å². The van der Waals surface area contributed by atoms with E-state index in [4.69, 9.17) is 16.6 Å². The Morgan fingerprint density at radius 1 is 1.23 bits per heavy atom. The van der Waals surface area contributed by atoms with Gasteiger partial charge in [0.2, 0.25) is 0 Å². The lowest BCUT2D eigenvalue weighted by Crippen LogP contribution is -2.27. The van der Waals surface area contributed by atoms with E-state index < -0.39 is 4.92 Å². The monoisotopic (exact) mass is 635 g/mol. The first-order valence-corrected chi connectivity index (χ1v) is 15.7. The maximum Gasteiger partial charge on any atom is 0.270 e. The second kappa shape index (κ2) is 12.4. The molecule has 0 unspecified atom stereocenters. The van der Waals surface area contributed by atoms with Crippen molar-refractivity contribution < 1.29 is 9.72 Å². The quantitative estimate of drug-likeness (QED) is 0.0915. The Morgan fingerprint density at radius 3 is 2.65 bits per heavy atom. The minimum atomic E-state index is -0.472. The third-order valence-electron chi connectivity index (χ3n) is 7.38. The number of aliphatic imine (C=N–C) groups is 1. The van der Waals surface area contributed by atoms with Crippen molar-refractivity contribution in [3.63, 3.8) is 0 Å². The zero-order chi connectivity index (χ0) is 30.9. The van der Waals surface area contributed by atoms with E-state index in [9.17, 15) is 19.7 Å². The van der Waals surface area contributed by atoms with Crippen LogP contribution in [0.4, 0.5) is 16.4 Å². The van der Waals surface area contributed by atoms with E-state index in [1.54, 1.807) is 43.5 Å². The van der Waals surface area contributed by atoms with Crippen LogP contribution in [0.5, 0.6) is 0 Å². The summed E-state index contributed by atoms with van der Waals surface area (Å²) in [5.41, 5.74) is 2.88. The summed E-state index contributed by atoms with van der Waals surface area (Å²) in [7, 11) is 0. The minimum Gasteiger partial charge on any atom is -0.322 e. The van der Waals surface area contributed by atoms with Crippen molar-refractivity contribution in [3.8, 4) is 0 Å². The fourth-order valence-electron chi connectivity index (χ4n) is 5.04. The number of aromatic nitrogens is 2. The fraction of sp³-hybridized carbons (Fsp3) is 0.290. The van der Waals surface area contributed by atoms with Crippen molar-refractivity contribution in [1.29, 1.82) is 0 Å². The average molecular weight is 636 g/mol. The van der Waals surface area contributed by atoms with Crippen LogP contribution in [0.25, 0.3) is 0 Å². The van der Waals surface area contributed by atoms with Gasteiger partial charge in [0, 0.05) is 56.2 Å². The Morgan fingerprint density at radius 2 is 1.98 bits per heavy atom. The van der Waals surface area contributed by atoms with Gasteiger partial charge in [0.05, 0.1) is 10.5 Å². The summed E-state index contributed by atoms with van der Waals surface area (Å²) >= 11 is 8.69. The lowest BCUT2D eigenvalue weighted by atomic mass is 9.72. The number of nitro groups is 1. The predicted molar refractivity (Wildman–Crippen MR) is 173 cm³/mol. The molecule has 0 saturated heterocycles. The number of benzene rings is 2. The van der Waals surface area contributed by atoms with Crippen LogP contribution in [-0.2, 0) is 12.8 Å². The van der Waals surface area contributed by atoms with Gasteiger partial charge in [0.1, 0.15) is 5.00 Å². The van der Waals surface area contributed by atoms with Crippen LogP contribution in [0, 0.1) is 28.4 Å². The molecule has 0 saturated carbocycles. The number of hydrogen-bond acceptors (Lipinski definition) is 8. The van der Waals surface area contributed by atoms with Crippen LogP contribution >= 0.6 is 34.7 Å². The fourth-order valence-corrected chi connectivity index (χ4v) is 7.35. The number of H-pyrrole nitrogens is 1. The number of aryl methyl sites for hydroxylation is 1. The maximum atomic E-state index is 13.7. The molecule has 5 rings (SSSR count). The molecule has 2 aromatic heterocycles. The average Bonchev–Trinajstić information content (AvgIpc) is 3.30. The molecule has 0 radical (unpaired) electrons. The molecule has 222 valence electrons. The molecular formula is C31H30ClN5O4S2. The molecule has 1 amide bonds. The molecular weight excluding hydrogens is 606 g/mol.